The van der Waals surface area contributed by atoms with Gasteiger partial charge in [-0.15, -0.1) is 0 Å². The maximum absolute atomic E-state index is 12.5. The summed E-state index contributed by atoms with van der Waals surface area (Å²) in [5, 5.41) is 0. The summed E-state index contributed by atoms with van der Waals surface area (Å²) in [5.74, 6) is 0.465. The normalized spacial score (nSPS) is 21.3. The smallest absolute Gasteiger partial charge is 0.226 e. The van der Waals surface area contributed by atoms with Crippen LogP contribution in [0.1, 0.15) is 44.1 Å². The summed E-state index contributed by atoms with van der Waals surface area (Å²) in [4.78, 5) is 16.9. The van der Waals surface area contributed by atoms with Crippen molar-refractivity contribution >= 4 is 11.6 Å². The standard InChI is InChI=1S/C20H28N2O/c1-21(20(23)18-8-4-2-5-9-18)16-17-10-12-19(13-11-17)22-14-6-3-7-15-22/h2,4,10-13,18H,3,5-9,14-16H2,1H3. The summed E-state index contributed by atoms with van der Waals surface area (Å²) < 4.78 is 0. The molecule has 1 fully saturated rings. The third kappa shape index (κ3) is 4.15. The number of hydrogen-bond donors (Lipinski definition) is 0. The third-order valence-corrected chi connectivity index (χ3v) is 5.07. The molecule has 3 rings (SSSR count). The lowest BCUT2D eigenvalue weighted by molar-refractivity contribution is -0.135. The molecular formula is C20H28N2O. The van der Waals surface area contributed by atoms with Crippen molar-refractivity contribution in [3.8, 4) is 0 Å². The first-order chi connectivity index (χ1) is 11.2. The highest BCUT2D eigenvalue weighted by Crippen LogP contribution is 2.23. The van der Waals surface area contributed by atoms with Gasteiger partial charge in [-0.1, -0.05) is 24.3 Å². The minimum Gasteiger partial charge on any atom is -0.372 e. The van der Waals surface area contributed by atoms with Gasteiger partial charge in [-0.2, -0.15) is 0 Å². The predicted octanol–water partition coefficient (Wildman–Crippen LogP) is 3.99. The van der Waals surface area contributed by atoms with Gasteiger partial charge in [0.25, 0.3) is 0 Å². The quantitative estimate of drug-likeness (QED) is 0.785. The number of allylic oxidation sites excluding steroid dienone is 2. The average molecular weight is 312 g/mol. The van der Waals surface area contributed by atoms with Crippen molar-refractivity contribution in [1.29, 1.82) is 0 Å². The number of carbonyl (C=O) groups is 1. The van der Waals surface area contributed by atoms with Crippen LogP contribution < -0.4 is 4.90 Å². The highest BCUT2D eigenvalue weighted by Gasteiger charge is 2.22. The zero-order chi connectivity index (χ0) is 16.1. The number of hydrogen-bond acceptors (Lipinski definition) is 2. The Morgan fingerprint density at radius 2 is 1.87 bits per heavy atom. The molecule has 0 bridgehead atoms. The first-order valence-corrected chi connectivity index (χ1v) is 8.98. The van der Waals surface area contributed by atoms with Gasteiger partial charge in [0, 0.05) is 38.3 Å². The molecule has 3 nitrogen and oxygen atoms in total. The molecule has 1 heterocycles. The molecule has 0 saturated carbocycles. The zero-order valence-electron chi connectivity index (χ0n) is 14.2. The van der Waals surface area contributed by atoms with Gasteiger partial charge in [-0.05, 0) is 56.2 Å². The summed E-state index contributed by atoms with van der Waals surface area (Å²) in [6.45, 7) is 3.05. The molecule has 1 atom stereocenters. The number of rotatable bonds is 4. The van der Waals surface area contributed by atoms with Gasteiger partial charge in [-0.3, -0.25) is 4.79 Å². The maximum atomic E-state index is 12.5. The summed E-state index contributed by atoms with van der Waals surface area (Å²) in [5.41, 5.74) is 2.54. The molecule has 1 aromatic carbocycles. The highest BCUT2D eigenvalue weighted by molar-refractivity contribution is 5.79. The van der Waals surface area contributed by atoms with Gasteiger partial charge >= 0.3 is 0 Å². The van der Waals surface area contributed by atoms with Crippen LogP contribution in [0.25, 0.3) is 0 Å². The van der Waals surface area contributed by atoms with Crippen molar-refractivity contribution in [2.24, 2.45) is 5.92 Å². The van der Waals surface area contributed by atoms with Gasteiger partial charge in [0.2, 0.25) is 5.91 Å². The molecule has 3 heteroatoms. The van der Waals surface area contributed by atoms with E-state index >= 15 is 0 Å². The van der Waals surface area contributed by atoms with Crippen LogP contribution in [0.5, 0.6) is 0 Å². The molecule has 0 aromatic heterocycles. The van der Waals surface area contributed by atoms with Gasteiger partial charge < -0.3 is 9.80 Å². The van der Waals surface area contributed by atoms with E-state index in [1.807, 2.05) is 11.9 Å². The second-order valence-corrected chi connectivity index (χ2v) is 6.89. The van der Waals surface area contributed by atoms with Crippen molar-refractivity contribution in [3.63, 3.8) is 0 Å². The number of amides is 1. The molecule has 1 saturated heterocycles. The molecular weight excluding hydrogens is 284 g/mol. The molecule has 0 N–H and O–H groups in total. The van der Waals surface area contributed by atoms with E-state index in [0.717, 1.165) is 19.3 Å². The SMILES string of the molecule is CN(Cc1ccc(N2CCCCC2)cc1)C(=O)C1CC=CCC1. The number of carbonyl (C=O) groups excluding carboxylic acids is 1. The van der Waals surface area contributed by atoms with E-state index in [4.69, 9.17) is 0 Å². The second-order valence-electron chi connectivity index (χ2n) is 6.89. The summed E-state index contributed by atoms with van der Waals surface area (Å²) >= 11 is 0. The molecule has 1 aliphatic carbocycles. The minimum absolute atomic E-state index is 0.178. The van der Waals surface area contributed by atoms with Gasteiger partial charge in [0.15, 0.2) is 0 Å². The summed E-state index contributed by atoms with van der Waals surface area (Å²) in [7, 11) is 1.93. The van der Waals surface area contributed by atoms with E-state index in [1.165, 1.54) is 43.6 Å². The predicted molar refractivity (Wildman–Crippen MR) is 95.5 cm³/mol. The zero-order valence-corrected chi connectivity index (χ0v) is 14.2. The lowest BCUT2D eigenvalue weighted by Crippen LogP contribution is -2.33. The minimum atomic E-state index is 0.178. The van der Waals surface area contributed by atoms with Crippen LogP contribution in [0.2, 0.25) is 0 Å². The molecule has 2 aliphatic rings. The largest absolute Gasteiger partial charge is 0.372 e. The second kappa shape index (κ2) is 7.67. The first kappa shape index (κ1) is 16.1. The Morgan fingerprint density at radius 1 is 1.13 bits per heavy atom. The molecule has 0 radical (unpaired) electrons. The Balaban J connectivity index is 1.56. The van der Waals surface area contributed by atoms with Crippen molar-refractivity contribution in [1.82, 2.24) is 4.90 Å². The van der Waals surface area contributed by atoms with Gasteiger partial charge in [0.1, 0.15) is 0 Å². The molecule has 23 heavy (non-hydrogen) atoms. The average Bonchev–Trinajstić information content (AvgIpc) is 2.63. The van der Waals surface area contributed by atoms with E-state index in [-0.39, 0.29) is 11.8 Å². The number of benzene rings is 1. The first-order valence-electron chi connectivity index (χ1n) is 8.98. The lowest BCUT2D eigenvalue weighted by Gasteiger charge is -2.29. The highest BCUT2D eigenvalue weighted by atomic mass is 16.2. The van der Waals surface area contributed by atoms with E-state index < -0.39 is 0 Å². The Bertz CT molecular complexity index is 543. The summed E-state index contributed by atoms with van der Waals surface area (Å²) in [6.07, 6.45) is 11.2. The van der Waals surface area contributed by atoms with Crippen LogP contribution in [0.4, 0.5) is 5.69 Å². The van der Waals surface area contributed by atoms with Gasteiger partial charge in [0.05, 0.1) is 0 Å². The van der Waals surface area contributed by atoms with E-state index in [2.05, 4.69) is 41.3 Å². The fourth-order valence-electron chi connectivity index (χ4n) is 3.65. The maximum Gasteiger partial charge on any atom is 0.226 e. The van der Waals surface area contributed by atoms with Crippen LogP contribution in [0.3, 0.4) is 0 Å². The van der Waals surface area contributed by atoms with Gasteiger partial charge in [-0.25, -0.2) is 0 Å². The van der Waals surface area contributed by atoms with Crippen molar-refractivity contribution < 1.29 is 4.79 Å². The lowest BCUT2D eigenvalue weighted by atomic mass is 9.93. The topological polar surface area (TPSA) is 23.6 Å². The Hall–Kier alpha value is -1.77. The van der Waals surface area contributed by atoms with Crippen LogP contribution in [-0.2, 0) is 11.3 Å². The fourth-order valence-corrected chi connectivity index (χ4v) is 3.65. The van der Waals surface area contributed by atoms with E-state index in [9.17, 15) is 4.79 Å². The number of anilines is 1. The molecule has 1 unspecified atom stereocenters. The monoisotopic (exact) mass is 312 g/mol. The van der Waals surface area contributed by atoms with E-state index in [1.54, 1.807) is 0 Å². The fraction of sp³-hybridized carbons (Fsp3) is 0.550. The molecule has 124 valence electrons. The van der Waals surface area contributed by atoms with Crippen LogP contribution >= 0.6 is 0 Å². The molecule has 0 spiro atoms. The third-order valence-electron chi connectivity index (χ3n) is 5.07. The summed E-state index contributed by atoms with van der Waals surface area (Å²) in [6, 6.07) is 8.77. The number of piperidine rings is 1. The van der Waals surface area contributed by atoms with Crippen molar-refractivity contribution in [3.05, 3.63) is 42.0 Å². The Morgan fingerprint density at radius 3 is 2.52 bits per heavy atom. The number of nitrogens with zero attached hydrogens (tertiary/aromatic N) is 2. The van der Waals surface area contributed by atoms with Crippen molar-refractivity contribution in [2.45, 2.75) is 45.1 Å². The molecule has 1 aromatic rings. The van der Waals surface area contributed by atoms with Crippen LogP contribution in [0.15, 0.2) is 36.4 Å². The molecule has 1 aliphatic heterocycles. The van der Waals surface area contributed by atoms with Crippen molar-refractivity contribution in [2.75, 3.05) is 25.0 Å². The Labute approximate surface area is 140 Å². The molecule has 1 amide bonds. The Kier molecular flexibility index (Phi) is 5.37. The van der Waals surface area contributed by atoms with Crippen LogP contribution in [-0.4, -0.2) is 30.9 Å². The van der Waals surface area contributed by atoms with E-state index in [0.29, 0.717) is 6.54 Å². The van der Waals surface area contributed by atoms with Crippen LogP contribution in [0, 0.1) is 5.92 Å².